The molecule has 3 N–H and O–H groups in total. The van der Waals surface area contributed by atoms with Gasteiger partial charge in [-0.3, -0.25) is 0 Å². The lowest BCUT2D eigenvalue weighted by Gasteiger charge is -1.94. The molecule has 3 nitrogen and oxygen atoms in total. The van der Waals surface area contributed by atoms with Gasteiger partial charge in [0.15, 0.2) is 0 Å². The van der Waals surface area contributed by atoms with Crippen molar-refractivity contribution in [1.82, 2.24) is 5.43 Å². The Morgan fingerprint density at radius 1 is 1.80 bits per heavy atom. The molecule has 0 aliphatic rings. The van der Waals surface area contributed by atoms with Gasteiger partial charge in [0.05, 0.1) is 0 Å². The van der Waals surface area contributed by atoms with Crippen molar-refractivity contribution in [3.8, 4) is 0 Å². The highest BCUT2D eigenvalue weighted by Crippen LogP contribution is 2.01. The summed E-state index contributed by atoms with van der Waals surface area (Å²) in [6.45, 7) is 5.16. The molecule has 0 aromatic carbocycles. The van der Waals surface area contributed by atoms with E-state index >= 15 is 0 Å². The van der Waals surface area contributed by atoms with E-state index in [4.69, 9.17) is 17.4 Å². The molecular weight excluding hydrogens is 150 g/mol. The molecule has 0 aromatic heterocycles. The van der Waals surface area contributed by atoms with E-state index in [1.165, 1.54) is 0 Å². The lowest BCUT2D eigenvalue weighted by Crippen LogP contribution is -2.27. The first-order valence-corrected chi connectivity index (χ1v) is 3.08. The Balaban J connectivity index is 4.11. The summed E-state index contributed by atoms with van der Waals surface area (Å²) in [4.78, 5) is 3.82. The lowest BCUT2D eigenvalue weighted by atomic mass is 10.6. The predicted octanol–water partition coefficient (Wildman–Crippen LogP) is 1.13. The molecule has 0 saturated heterocycles. The van der Waals surface area contributed by atoms with E-state index in [2.05, 4.69) is 17.0 Å². The van der Waals surface area contributed by atoms with Gasteiger partial charge in [-0.05, 0) is 13.0 Å². The molecule has 0 fully saturated rings. The van der Waals surface area contributed by atoms with Gasteiger partial charge in [0.2, 0.25) is 0 Å². The largest absolute Gasteiger partial charge is 0.312 e. The minimum absolute atomic E-state index is 0.352. The minimum Gasteiger partial charge on any atom is -0.312 e. The van der Waals surface area contributed by atoms with Gasteiger partial charge in [-0.25, -0.2) is 10.8 Å². The zero-order valence-electron chi connectivity index (χ0n) is 5.76. The van der Waals surface area contributed by atoms with Crippen LogP contribution < -0.4 is 11.3 Å². The summed E-state index contributed by atoms with van der Waals surface area (Å²) in [7, 11) is 0. The normalized spacial score (nSPS) is 13.1. The average molecular weight is 160 g/mol. The highest BCUT2D eigenvalue weighted by Gasteiger charge is 1.86. The number of hydrogen-bond donors (Lipinski definition) is 2. The summed E-state index contributed by atoms with van der Waals surface area (Å²) >= 11 is 5.56. The maximum atomic E-state index is 5.56. The molecule has 0 unspecified atom stereocenters. The molecule has 0 aliphatic carbocycles. The summed E-state index contributed by atoms with van der Waals surface area (Å²) in [6, 6.07) is 0. The Hall–Kier alpha value is -0.800. The first-order chi connectivity index (χ1) is 4.70. The van der Waals surface area contributed by atoms with Crippen molar-refractivity contribution in [2.75, 3.05) is 0 Å². The number of amidine groups is 1. The first kappa shape index (κ1) is 9.20. The molecule has 0 atom stereocenters. The third-order valence-electron chi connectivity index (χ3n) is 0.739. The van der Waals surface area contributed by atoms with Gasteiger partial charge in [0.25, 0.3) is 0 Å². The van der Waals surface area contributed by atoms with Gasteiger partial charge in [-0.15, -0.1) is 0 Å². The number of hydrogen-bond acceptors (Lipinski definition) is 2. The van der Waals surface area contributed by atoms with E-state index in [0.29, 0.717) is 11.0 Å². The second kappa shape index (κ2) is 5.02. The molecule has 0 radical (unpaired) electrons. The average Bonchev–Trinajstić information content (AvgIpc) is 1.88. The van der Waals surface area contributed by atoms with E-state index < -0.39 is 0 Å². The highest BCUT2D eigenvalue weighted by molar-refractivity contribution is 6.30. The fraction of sp³-hybridized carbons (Fsp3) is 0.167. The quantitative estimate of drug-likeness (QED) is 0.159. The van der Waals surface area contributed by atoms with E-state index in [-0.39, 0.29) is 0 Å². The SMILES string of the molecule is C=C/C=C(Cl)\N=C(/C)NN. The van der Waals surface area contributed by atoms with E-state index in [9.17, 15) is 0 Å². The third-order valence-corrected chi connectivity index (χ3v) is 0.949. The van der Waals surface area contributed by atoms with Crippen LogP contribution in [0.5, 0.6) is 0 Å². The van der Waals surface area contributed by atoms with Crippen molar-refractivity contribution in [3.63, 3.8) is 0 Å². The maximum absolute atomic E-state index is 5.56. The summed E-state index contributed by atoms with van der Waals surface area (Å²) < 4.78 is 0. The Labute approximate surface area is 65.2 Å². The van der Waals surface area contributed by atoms with Crippen LogP contribution in [0.25, 0.3) is 0 Å². The second-order valence-corrected chi connectivity index (χ2v) is 1.95. The van der Waals surface area contributed by atoms with Gasteiger partial charge in [0.1, 0.15) is 11.0 Å². The number of halogens is 1. The number of rotatable bonds is 2. The van der Waals surface area contributed by atoms with E-state index in [1.807, 2.05) is 0 Å². The van der Waals surface area contributed by atoms with Crippen LogP contribution in [0, 0.1) is 0 Å². The van der Waals surface area contributed by atoms with Gasteiger partial charge < -0.3 is 5.43 Å². The predicted molar refractivity (Wildman–Crippen MR) is 44.6 cm³/mol. The van der Waals surface area contributed by atoms with Crippen molar-refractivity contribution < 1.29 is 0 Å². The monoisotopic (exact) mass is 159 g/mol. The highest BCUT2D eigenvalue weighted by atomic mass is 35.5. The Morgan fingerprint density at radius 3 is 2.80 bits per heavy atom. The summed E-state index contributed by atoms with van der Waals surface area (Å²) in [5, 5.41) is 0.352. The molecule has 0 rings (SSSR count). The summed E-state index contributed by atoms with van der Waals surface area (Å²) in [5.74, 6) is 5.58. The summed E-state index contributed by atoms with van der Waals surface area (Å²) in [5.41, 5.74) is 2.34. The smallest absolute Gasteiger partial charge is 0.131 e. The van der Waals surface area contributed by atoms with Crippen molar-refractivity contribution in [2.45, 2.75) is 6.92 Å². The van der Waals surface area contributed by atoms with Crippen molar-refractivity contribution in [2.24, 2.45) is 10.8 Å². The number of nitrogens with one attached hydrogen (secondary N) is 1. The zero-order valence-corrected chi connectivity index (χ0v) is 6.52. The molecule has 4 heteroatoms. The maximum Gasteiger partial charge on any atom is 0.131 e. The number of aliphatic imine (C=N–C) groups is 1. The number of nitrogens with two attached hydrogens (primary N) is 1. The minimum atomic E-state index is 0.352. The van der Waals surface area contributed by atoms with Crippen LogP contribution in [-0.2, 0) is 0 Å². The van der Waals surface area contributed by atoms with Crippen LogP contribution in [-0.4, -0.2) is 5.84 Å². The molecular formula is C6H10ClN3. The molecule has 0 saturated carbocycles. The standard InChI is InChI=1S/C6H10ClN3/c1-3-4-6(7)9-5(2)10-8/h3-4H,1,8H2,2H3,(H,9,10)/b6-4-. The summed E-state index contributed by atoms with van der Waals surface area (Å²) in [6.07, 6.45) is 3.12. The number of allylic oxidation sites excluding steroid dienone is 2. The fourth-order valence-electron chi connectivity index (χ4n) is 0.327. The molecule has 0 aromatic rings. The molecule has 10 heavy (non-hydrogen) atoms. The molecule has 0 heterocycles. The van der Waals surface area contributed by atoms with E-state index in [1.54, 1.807) is 19.1 Å². The van der Waals surface area contributed by atoms with Gasteiger partial charge in [0, 0.05) is 0 Å². The van der Waals surface area contributed by atoms with Gasteiger partial charge in [-0.1, -0.05) is 24.3 Å². The van der Waals surface area contributed by atoms with Gasteiger partial charge in [-0.2, -0.15) is 0 Å². The Kier molecular flexibility index (Phi) is 4.62. The first-order valence-electron chi connectivity index (χ1n) is 2.71. The van der Waals surface area contributed by atoms with Crippen LogP contribution in [0.3, 0.4) is 0 Å². The van der Waals surface area contributed by atoms with Crippen molar-refractivity contribution in [1.29, 1.82) is 0 Å². The van der Waals surface area contributed by atoms with Gasteiger partial charge >= 0.3 is 0 Å². The van der Waals surface area contributed by atoms with Crippen LogP contribution in [0.4, 0.5) is 0 Å². The van der Waals surface area contributed by atoms with Crippen LogP contribution in [0.15, 0.2) is 28.9 Å². The van der Waals surface area contributed by atoms with Crippen molar-refractivity contribution >= 4 is 17.4 Å². The third kappa shape index (κ3) is 4.12. The number of nitrogens with zero attached hydrogens (tertiary/aromatic N) is 1. The lowest BCUT2D eigenvalue weighted by molar-refractivity contribution is 1.01. The van der Waals surface area contributed by atoms with Crippen molar-refractivity contribution in [3.05, 3.63) is 23.9 Å². The molecule has 0 amide bonds. The molecule has 56 valence electrons. The fourth-order valence-corrected chi connectivity index (χ4v) is 0.543. The number of hydrazine groups is 1. The van der Waals surface area contributed by atoms with Crippen LogP contribution in [0.2, 0.25) is 0 Å². The van der Waals surface area contributed by atoms with E-state index in [0.717, 1.165) is 0 Å². The van der Waals surface area contributed by atoms with Crippen LogP contribution >= 0.6 is 11.6 Å². The molecule has 0 aliphatic heterocycles. The van der Waals surface area contributed by atoms with Crippen LogP contribution in [0.1, 0.15) is 6.92 Å². The zero-order chi connectivity index (χ0) is 7.98. The Bertz CT molecular complexity index is 172. The molecule has 0 bridgehead atoms. The second-order valence-electron chi connectivity index (χ2n) is 1.57. The Morgan fingerprint density at radius 2 is 2.40 bits per heavy atom. The topological polar surface area (TPSA) is 50.4 Å². The molecule has 0 spiro atoms.